The van der Waals surface area contributed by atoms with E-state index in [-0.39, 0.29) is 30.4 Å². The van der Waals surface area contributed by atoms with Crippen LogP contribution in [0.1, 0.15) is 12.8 Å². The third-order valence-electron chi connectivity index (χ3n) is 3.63. The van der Waals surface area contributed by atoms with Crippen molar-refractivity contribution in [3.05, 3.63) is 0 Å². The highest BCUT2D eigenvalue weighted by Gasteiger charge is 2.36. The second kappa shape index (κ2) is 5.67. The summed E-state index contributed by atoms with van der Waals surface area (Å²) in [5, 5.41) is 0. The van der Waals surface area contributed by atoms with E-state index in [1.54, 1.807) is 4.90 Å². The molecule has 2 fully saturated rings. The molecule has 2 aliphatic heterocycles. The predicted molar refractivity (Wildman–Crippen MR) is 64.0 cm³/mol. The summed E-state index contributed by atoms with van der Waals surface area (Å²) in [5.74, 6) is -0.0922. The number of hydrogen-bond donors (Lipinski definition) is 0. The monoisotopic (exact) mass is 256 g/mol. The van der Waals surface area contributed by atoms with Gasteiger partial charge in [0.05, 0.1) is 32.3 Å². The molecule has 0 aromatic rings. The van der Waals surface area contributed by atoms with Gasteiger partial charge in [0.25, 0.3) is 0 Å². The van der Waals surface area contributed by atoms with E-state index in [1.807, 2.05) is 7.05 Å². The Labute approximate surface area is 107 Å². The lowest BCUT2D eigenvalue weighted by molar-refractivity contribution is -0.146. The quantitative estimate of drug-likeness (QED) is 0.636. The number of likely N-dealkylation sites (tertiary alicyclic amines) is 1. The number of esters is 1. The minimum atomic E-state index is -0.267. The molecule has 2 atom stereocenters. The summed E-state index contributed by atoms with van der Waals surface area (Å²) in [7, 11) is 3.20. The smallest absolute Gasteiger partial charge is 0.308 e. The standard InChI is InChI=1S/C12H20N2O4/c1-13-4-3-10(12(13)16)14-5-6-18-9(8-14)7-11(15)17-2/h9-10H,3-8H2,1-2H3. The fourth-order valence-electron chi connectivity index (χ4n) is 2.56. The van der Waals surface area contributed by atoms with Crippen molar-refractivity contribution in [2.24, 2.45) is 0 Å². The first kappa shape index (κ1) is 13.3. The first-order valence-corrected chi connectivity index (χ1v) is 6.29. The first-order chi connectivity index (χ1) is 8.61. The summed E-state index contributed by atoms with van der Waals surface area (Å²) < 4.78 is 10.2. The molecule has 2 aliphatic rings. The first-order valence-electron chi connectivity index (χ1n) is 6.29. The lowest BCUT2D eigenvalue weighted by Gasteiger charge is -2.35. The maximum Gasteiger partial charge on any atom is 0.308 e. The molecule has 0 N–H and O–H groups in total. The summed E-state index contributed by atoms with van der Waals surface area (Å²) in [6.07, 6.45) is 0.953. The highest BCUT2D eigenvalue weighted by Crippen LogP contribution is 2.19. The number of carbonyl (C=O) groups is 2. The van der Waals surface area contributed by atoms with E-state index in [0.717, 1.165) is 19.5 Å². The molecule has 102 valence electrons. The Morgan fingerprint density at radius 1 is 1.50 bits per heavy atom. The van der Waals surface area contributed by atoms with Crippen LogP contribution in [0.25, 0.3) is 0 Å². The molecule has 18 heavy (non-hydrogen) atoms. The van der Waals surface area contributed by atoms with Crippen LogP contribution in [0.4, 0.5) is 0 Å². The molecular weight excluding hydrogens is 236 g/mol. The Morgan fingerprint density at radius 3 is 2.89 bits per heavy atom. The summed E-state index contributed by atoms with van der Waals surface area (Å²) in [5.41, 5.74) is 0. The molecule has 0 saturated carbocycles. The van der Waals surface area contributed by atoms with Gasteiger partial charge in [-0.1, -0.05) is 0 Å². The van der Waals surface area contributed by atoms with Gasteiger partial charge in [-0.2, -0.15) is 0 Å². The highest BCUT2D eigenvalue weighted by atomic mass is 16.5. The molecule has 6 heteroatoms. The summed E-state index contributed by atoms with van der Waals surface area (Å²) in [4.78, 5) is 27.1. The lowest BCUT2D eigenvalue weighted by Crippen LogP contribution is -2.50. The Bertz CT molecular complexity index is 334. The minimum absolute atomic E-state index is 0.0425. The number of nitrogens with zero attached hydrogens (tertiary/aromatic N) is 2. The van der Waals surface area contributed by atoms with Crippen LogP contribution >= 0.6 is 0 Å². The highest BCUT2D eigenvalue weighted by molar-refractivity contribution is 5.83. The second-order valence-electron chi connectivity index (χ2n) is 4.83. The number of methoxy groups -OCH3 is 1. The van der Waals surface area contributed by atoms with Crippen molar-refractivity contribution in [1.29, 1.82) is 0 Å². The summed E-state index contributed by atoms with van der Waals surface area (Å²) >= 11 is 0. The fourth-order valence-corrected chi connectivity index (χ4v) is 2.56. The van der Waals surface area contributed by atoms with Crippen LogP contribution in [-0.4, -0.2) is 74.2 Å². The molecule has 0 aliphatic carbocycles. The summed E-state index contributed by atoms with van der Waals surface area (Å²) in [6, 6.07) is -0.0425. The Morgan fingerprint density at radius 2 is 2.28 bits per heavy atom. The van der Waals surface area contributed by atoms with Crippen LogP contribution in [0.3, 0.4) is 0 Å². The van der Waals surface area contributed by atoms with Crippen LogP contribution in [0.5, 0.6) is 0 Å². The third-order valence-corrected chi connectivity index (χ3v) is 3.63. The average Bonchev–Trinajstić information content (AvgIpc) is 2.70. The maximum absolute atomic E-state index is 11.9. The van der Waals surface area contributed by atoms with E-state index in [0.29, 0.717) is 13.2 Å². The van der Waals surface area contributed by atoms with Gasteiger partial charge in [0.15, 0.2) is 0 Å². The van der Waals surface area contributed by atoms with E-state index in [2.05, 4.69) is 9.64 Å². The van der Waals surface area contributed by atoms with Crippen molar-refractivity contribution >= 4 is 11.9 Å². The molecule has 0 bridgehead atoms. The van der Waals surface area contributed by atoms with E-state index >= 15 is 0 Å². The van der Waals surface area contributed by atoms with Crippen LogP contribution in [0, 0.1) is 0 Å². The molecule has 6 nitrogen and oxygen atoms in total. The molecule has 0 spiro atoms. The molecule has 2 rings (SSSR count). The predicted octanol–water partition coefficient (Wildman–Crippen LogP) is -0.519. The van der Waals surface area contributed by atoms with Gasteiger partial charge in [-0.05, 0) is 6.42 Å². The van der Waals surface area contributed by atoms with Gasteiger partial charge in [-0.3, -0.25) is 14.5 Å². The van der Waals surface area contributed by atoms with Crippen molar-refractivity contribution in [2.75, 3.05) is 40.4 Å². The fraction of sp³-hybridized carbons (Fsp3) is 0.833. The molecule has 0 aromatic heterocycles. The molecule has 1 amide bonds. The topological polar surface area (TPSA) is 59.1 Å². The van der Waals surface area contributed by atoms with Crippen molar-refractivity contribution in [2.45, 2.75) is 25.0 Å². The molecular formula is C12H20N2O4. The maximum atomic E-state index is 11.9. The van der Waals surface area contributed by atoms with Gasteiger partial charge in [0.2, 0.25) is 5.91 Å². The van der Waals surface area contributed by atoms with Gasteiger partial charge in [0, 0.05) is 26.7 Å². The van der Waals surface area contributed by atoms with E-state index in [9.17, 15) is 9.59 Å². The number of rotatable bonds is 3. The van der Waals surface area contributed by atoms with Gasteiger partial charge >= 0.3 is 5.97 Å². The molecule has 2 saturated heterocycles. The van der Waals surface area contributed by atoms with Gasteiger partial charge < -0.3 is 14.4 Å². The largest absolute Gasteiger partial charge is 0.469 e. The SMILES string of the molecule is COC(=O)CC1CN(C2CCN(C)C2=O)CCO1. The molecule has 0 radical (unpaired) electrons. The van der Waals surface area contributed by atoms with Crippen molar-refractivity contribution in [3.63, 3.8) is 0 Å². The van der Waals surface area contributed by atoms with Crippen molar-refractivity contribution in [1.82, 2.24) is 9.80 Å². The summed E-state index contributed by atoms with van der Waals surface area (Å²) in [6.45, 7) is 2.75. The number of morpholine rings is 1. The number of likely N-dealkylation sites (N-methyl/N-ethyl adjacent to an activating group) is 1. The molecule has 2 unspecified atom stereocenters. The van der Waals surface area contributed by atoms with Crippen LogP contribution in [-0.2, 0) is 19.1 Å². The Balaban J connectivity index is 1.90. The Hall–Kier alpha value is -1.14. The minimum Gasteiger partial charge on any atom is -0.469 e. The molecule has 2 heterocycles. The van der Waals surface area contributed by atoms with Crippen molar-refractivity contribution < 1.29 is 19.1 Å². The van der Waals surface area contributed by atoms with E-state index < -0.39 is 0 Å². The second-order valence-corrected chi connectivity index (χ2v) is 4.83. The normalized spacial score (nSPS) is 29.7. The third kappa shape index (κ3) is 2.81. The number of carbonyl (C=O) groups excluding carboxylic acids is 2. The van der Waals surface area contributed by atoms with Gasteiger partial charge in [-0.25, -0.2) is 0 Å². The van der Waals surface area contributed by atoms with Crippen LogP contribution in [0.2, 0.25) is 0 Å². The van der Waals surface area contributed by atoms with Gasteiger partial charge in [-0.15, -0.1) is 0 Å². The zero-order valence-electron chi connectivity index (χ0n) is 10.9. The van der Waals surface area contributed by atoms with E-state index in [1.165, 1.54) is 7.11 Å². The van der Waals surface area contributed by atoms with Crippen molar-refractivity contribution in [3.8, 4) is 0 Å². The van der Waals surface area contributed by atoms with Crippen LogP contribution < -0.4 is 0 Å². The number of amides is 1. The number of ether oxygens (including phenoxy) is 2. The van der Waals surface area contributed by atoms with Gasteiger partial charge in [0.1, 0.15) is 0 Å². The van der Waals surface area contributed by atoms with E-state index in [4.69, 9.17) is 4.74 Å². The zero-order valence-corrected chi connectivity index (χ0v) is 10.9. The average molecular weight is 256 g/mol. The Kier molecular flexibility index (Phi) is 4.19. The number of hydrogen-bond acceptors (Lipinski definition) is 5. The molecule has 0 aromatic carbocycles. The lowest BCUT2D eigenvalue weighted by atomic mass is 10.1. The zero-order chi connectivity index (χ0) is 13.1. The van der Waals surface area contributed by atoms with Crippen LogP contribution in [0.15, 0.2) is 0 Å².